The van der Waals surface area contributed by atoms with E-state index in [9.17, 15) is 0 Å². The van der Waals surface area contributed by atoms with Gasteiger partial charge in [0.1, 0.15) is 5.75 Å². The van der Waals surface area contributed by atoms with E-state index in [1.807, 2.05) is 36.7 Å². The Hall–Kier alpha value is -2.80. The number of hydrogen-bond donors (Lipinski definition) is 0. The lowest BCUT2D eigenvalue weighted by molar-refractivity contribution is 0.302. The molecule has 0 unspecified atom stereocenters. The van der Waals surface area contributed by atoms with Crippen molar-refractivity contribution in [2.24, 2.45) is 0 Å². The van der Waals surface area contributed by atoms with Crippen LogP contribution in [0.25, 0.3) is 11.0 Å². The van der Waals surface area contributed by atoms with E-state index in [1.54, 1.807) is 12.1 Å². The number of aryl methyl sites for hydroxylation is 1. The van der Waals surface area contributed by atoms with Crippen LogP contribution in [0.1, 0.15) is 12.0 Å². The summed E-state index contributed by atoms with van der Waals surface area (Å²) in [5.74, 6) is 0.740. The second kappa shape index (κ2) is 6.10. The van der Waals surface area contributed by atoms with Gasteiger partial charge in [-0.1, -0.05) is 18.2 Å². The predicted molar refractivity (Wildman–Crippen MR) is 81.0 cm³/mol. The number of imidazole rings is 1. The number of ether oxygens (including phenoxy) is 1. The number of benzene rings is 2. The van der Waals surface area contributed by atoms with Gasteiger partial charge in [0.05, 0.1) is 35.6 Å². The molecule has 21 heavy (non-hydrogen) atoms. The molecule has 0 bridgehead atoms. The lowest BCUT2D eigenvalue weighted by atomic mass is 10.2. The molecule has 0 spiro atoms. The van der Waals surface area contributed by atoms with Crippen LogP contribution in [0.5, 0.6) is 5.75 Å². The van der Waals surface area contributed by atoms with Crippen molar-refractivity contribution in [3.63, 3.8) is 0 Å². The quantitative estimate of drug-likeness (QED) is 0.672. The molecule has 104 valence electrons. The second-order valence-electron chi connectivity index (χ2n) is 4.77. The van der Waals surface area contributed by atoms with Crippen molar-refractivity contribution in [3.8, 4) is 11.8 Å². The number of nitrogens with zero attached hydrogens (tertiary/aromatic N) is 3. The minimum Gasteiger partial charge on any atom is -0.493 e. The first-order valence-corrected chi connectivity index (χ1v) is 6.89. The fourth-order valence-corrected chi connectivity index (χ4v) is 2.27. The Bertz CT molecular complexity index is 786. The number of para-hydroxylation sites is 2. The van der Waals surface area contributed by atoms with Crippen LogP contribution in [0.4, 0.5) is 0 Å². The average molecular weight is 277 g/mol. The number of rotatable bonds is 5. The largest absolute Gasteiger partial charge is 0.493 e. The molecule has 0 fully saturated rings. The third-order valence-electron chi connectivity index (χ3n) is 3.30. The molecule has 1 aromatic heterocycles. The summed E-state index contributed by atoms with van der Waals surface area (Å²) in [5.41, 5.74) is 2.78. The van der Waals surface area contributed by atoms with Gasteiger partial charge in [0, 0.05) is 6.54 Å². The fourth-order valence-electron chi connectivity index (χ4n) is 2.27. The van der Waals surface area contributed by atoms with Crippen molar-refractivity contribution in [1.29, 1.82) is 5.26 Å². The van der Waals surface area contributed by atoms with Gasteiger partial charge in [0.15, 0.2) is 0 Å². The third-order valence-corrected chi connectivity index (χ3v) is 3.30. The van der Waals surface area contributed by atoms with Crippen molar-refractivity contribution in [2.45, 2.75) is 13.0 Å². The highest BCUT2D eigenvalue weighted by Crippen LogP contribution is 2.14. The van der Waals surface area contributed by atoms with Crippen LogP contribution >= 0.6 is 0 Å². The number of hydrogen-bond acceptors (Lipinski definition) is 3. The molecule has 0 radical (unpaired) electrons. The molecule has 1 heterocycles. The first kappa shape index (κ1) is 13.2. The molecule has 4 nitrogen and oxygen atoms in total. The number of fused-ring (bicyclic) bond motifs is 1. The van der Waals surface area contributed by atoms with Crippen molar-refractivity contribution >= 4 is 11.0 Å². The molecule has 0 aliphatic heterocycles. The molecule has 0 N–H and O–H groups in total. The molecule has 0 aliphatic rings. The van der Waals surface area contributed by atoms with E-state index < -0.39 is 0 Å². The Kier molecular flexibility index (Phi) is 3.83. The standard InChI is InChI=1S/C17H15N3O/c18-12-14-5-3-6-15(11-14)21-10-4-9-20-13-19-16-7-1-2-8-17(16)20/h1-3,5-8,11,13H,4,9-10H2. The van der Waals surface area contributed by atoms with Gasteiger partial charge in [-0.3, -0.25) is 0 Å². The Balaban J connectivity index is 1.55. The highest BCUT2D eigenvalue weighted by molar-refractivity contribution is 5.74. The van der Waals surface area contributed by atoms with E-state index in [4.69, 9.17) is 10.00 Å². The van der Waals surface area contributed by atoms with Crippen LogP contribution < -0.4 is 4.74 Å². The van der Waals surface area contributed by atoms with Crippen molar-refractivity contribution in [3.05, 3.63) is 60.4 Å². The van der Waals surface area contributed by atoms with Crippen molar-refractivity contribution in [1.82, 2.24) is 9.55 Å². The molecular formula is C17H15N3O. The first-order valence-electron chi connectivity index (χ1n) is 6.89. The van der Waals surface area contributed by atoms with Crippen LogP contribution in [0.15, 0.2) is 54.9 Å². The summed E-state index contributed by atoms with van der Waals surface area (Å²) >= 11 is 0. The fraction of sp³-hybridized carbons (Fsp3) is 0.176. The maximum absolute atomic E-state index is 8.84. The molecule has 4 heteroatoms. The molecule has 0 aliphatic carbocycles. The summed E-state index contributed by atoms with van der Waals surface area (Å²) in [6.07, 6.45) is 2.75. The van der Waals surface area contributed by atoms with Gasteiger partial charge in [0.2, 0.25) is 0 Å². The molecule has 0 atom stereocenters. The van der Waals surface area contributed by atoms with Crippen LogP contribution in [-0.2, 0) is 6.54 Å². The molecule has 0 amide bonds. The highest BCUT2D eigenvalue weighted by Gasteiger charge is 2.01. The van der Waals surface area contributed by atoms with E-state index in [1.165, 1.54) is 0 Å². The summed E-state index contributed by atoms with van der Waals surface area (Å²) < 4.78 is 7.80. The number of aromatic nitrogens is 2. The van der Waals surface area contributed by atoms with E-state index in [0.717, 1.165) is 29.7 Å². The van der Waals surface area contributed by atoms with E-state index in [0.29, 0.717) is 12.2 Å². The van der Waals surface area contributed by atoms with Gasteiger partial charge >= 0.3 is 0 Å². The molecule has 0 saturated heterocycles. The molecule has 0 saturated carbocycles. The van der Waals surface area contributed by atoms with Crippen molar-refractivity contribution in [2.75, 3.05) is 6.61 Å². The van der Waals surface area contributed by atoms with Gasteiger partial charge < -0.3 is 9.30 Å². The summed E-state index contributed by atoms with van der Waals surface area (Å²) in [6, 6.07) is 17.4. The molecule has 3 rings (SSSR count). The van der Waals surface area contributed by atoms with Crippen LogP contribution in [0.2, 0.25) is 0 Å². The first-order chi connectivity index (χ1) is 10.4. The normalized spacial score (nSPS) is 10.4. The zero-order chi connectivity index (χ0) is 14.5. The molecular weight excluding hydrogens is 262 g/mol. The summed E-state index contributed by atoms with van der Waals surface area (Å²) in [4.78, 5) is 4.36. The summed E-state index contributed by atoms with van der Waals surface area (Å²) in [6.45, 7) is 1.47. The van der Waals surface area contributed by atoms with Crippen LogP contribution in [0.3, 0.4) is 0 Å². The van der Waals surface area contributed by atoms with E-state index >= 15 is 0 Å². The Morgan fingerprint density at radius 2 is 2.05 bits per heavy atom. The minimum atomic E-state index is 0.612. The van der Waals surface area contributed by atoms with E-state index in [-0.39, 0.29) is 0 Å². The van der Waals surface area contributed by atoms with Gasteiger partial charge in [-0.2, -0.15) is 5.26 Å². The van der Waals surface area contributed by atoms with Crippen LogP contribution in [-0.4, -0.2) is 16.2 Å². The van der Waals surface area contributed by atoms with Gasteiger partial charge in [-0.25, -0.2) is 4.98 Å². The zero-order valence-corrected chi connectivity index (χ0v) is 11.6. The van der Waals surface area contributed by atoms with Gasteiger partial charge in [-0.15, -0.1) is 0 Å². The molecule has 3 aromatic rings. The monoisotopic (exact) mass is 277 g/mol. The van der Waals surface area contributed by atoms with Gasteiger partial charge in [0.25, 0.3) is 0 Å². The summed E-state index contributed by atoms with van der Waals surface area (Å²) in [5, 5.41) is 8.84. The van der Waals surface area contributed by atoms with E-state index in [2.05, 4.69) is 21.7 Å². The third kappa shape index (κ3) is 3.03. The predicted octanol–water partition coefficient (Wildman–Crippen LogP) is 3.38. The summed E-state index contributed by atoms with van der Waals surface area (Å²) in [7, 11) is 0. The SMILES string of the molecule is N#Cc1cccc(OCCCn2cnc3ccccc32)c1. The number of nitriles is 1. The highest BCUT2D eigenvalue weighted by atomic mass is 16.5. The average Bonchev–Trinajstić information content (AvgIpc) is 2.95. The Morgan fingerprint density at radius 3 is 2.95 bits per heavy atom. The minimum absolute atomic E-state index is 0.612. The second-order valence-corrected chi connectivity index (χ2v) is 4.77. The maximum Gasteiger partial charge on any atom is 0.120 e. The Labute approximate surface area is 123 Å². The lowest BCUT2D eigenvalue weighted by Crippen LogP contribution is -2.03. The Morgan fingerprint density at radius 1 is 1.14 bits per heavy atom. The smallest absolute Gasteiger partial charge is 0.120 e. The topological polar surface area (TPSA) is 50.8 Å². The lowest BCUT2D eigenvalue weighted by Gasteiger charge is -2.07. The molecule has 2 aromatic carbocycles. The van der Waals surface area contributed by atoms with Crippen LogP contribution in [0, 0.1) is 11.3 Å². The van der Waals surface area contributed by atoms with Crippen molar-refractivity contribution < 1.29 is 4.74 Å². The van der Waals surface area contributed by atoms with Gasteiger partial charge in [-0.05, 0) is 36.8 Å². The maximum atomic E-state index is 8.84. The zero-order valence-electron chi connectivity index (χ0n) is 11.6.